The molecule has 0 radical (unpaired) electrons. The highest BCUT2D eigenvalue weighted by atomic mass is 16.1. The summed E-state index contributed by atoms with van der Waals surface area (Å²) < 4.78 is 0. The minimum atomic E-state index is -0.426. The largest absolute Gasteiger partial charge is 0.382 e. The van der Waals surface area contributed by atoms with E-state index in [0.29, 0.717) is 11.4 Å². The van der Waals surface area contributed by atoms with E-state index in [2.05, 4.69) is 10.2 Å². The van der Waals surface area contributed by atoms with Gasteiger partial charge >= 0.3 is 0 Å². The SMILES string of the molecule is NC(=O)Cc1c(N)n[nH]c1-c1ccccc1. The Hall–Kier alpha value is -2.30. The molecule has 5 heteroatoms. The fourth-order valence-electron chi connectivity index (χ4n) is 1.58. The summed E-state index contributed by atoms with van der Waals surface area (Å²) in [5.41, 5.74) is 13.2. The van der Waals surface area contributed by atoms with Gasteiger partial charge in [-0.15, -0.1) is 0 Å². The first-order valence-electron chi connectivity index (χ1n) is 4.85. The predicted octanol–water partition coefficient (Wildman–Crippen LogP) is 0.687. The second-order valence-corrected chi connectivity index (χ2v) is 3.47. The Balaban J connectivity index is 2.46. The highest BCUT2D eigenvalue weighted by molar-refractivity contribution is 5.82. The number of nitrogens with zero attached hydrogens (tertiary/aromatic N) is 1. The van der Waals surface area contributed by atoms with E-state index >= 15 is 0 Å². The van der Waals surface area contributed by atoms with Crippen LogP contribution >= 0.6 is 0 Å². The number of nitrogens with two attached hydrogens (primary N) is 2. The fourth-order valence-corrected chi connectivity index (χ4v) is 1.58. The molecule has 1 heterocycles. The molecule has 2 rings (SSSR count). The van der Waals surface area contributed by atoms with Crippen molar-refractivity contribution in [3.8, 4) is 11.3 Å². The van der Waals surface area contributed by atoms with Gasteiger partial charge in [-0.2, -0.15) is 5.10 Å². The predicted molar refractivity (Wildman–Crippen MR) is 61.3 cm³/mol. The first kappa shape index (κ1) is 10.2. The van der Waals surface area contributed by atoms with Crippen molar-refractivity contribution < 1.29 is 4.79 Å². The smallest absolute Gasteiger partial charge is 0.222 e. The molecule has 0 unspecified atom stereocenters. The van der Waals surface area contributed by atoms with Gasteiger partial charge in [0.05, 0.1) is 12.1 Å². The zero-order chi connectivity index (χ0) is 11.5. The number of nitrogens with one attached hydrogen (secondary N) is 1. The third-order valence-corrected chi connectivity index (χ3v) is 2.31. The molecule has 0 saturated carbocycles. The Bertz CT molecular complexity index is 504. The van der Waals surface area contributed by atoms with Crippen LogP contribution in [0, 0.1) is 0 Å². The number of hydrogen-bond acceptors (Lipinski definition) is 3. The second kappa shape index (κ2) is 4.06. The molecule has 1 aromatic heterocycles. The van der Waals surface area contributed by atoms with Crippen LogP contribution in [0.2, 0.25) is 0 Å². The number of carbonyl (C=O) groups excluding carboxylic acids is 1. The Kier molecular flexibility index (Phi) is 2.59. The van der Waals surface area contributed by atoms with Gasteiger partial charge in [0, 0.05) is 5.56 Å². The third-order valence-electron chi connectivity index (χ3n) is 2.31. The van der Waals surface area contributed by atoms with Crippen LogP contribution in [0.5, 0.6) is 0 Å². The number of primary amides is 1. The van der Waals surface area contributed by atoms with Crippen molar-refractivity contribution in [3.05, 3.63) is 35.9 Å². The minimum Gasteiger partial charge on any atom is -0.382 e. The van der Waals surface area contributed by atoms with Crippen molar-refractivity contribution in [1.82, 2.24) is 10.2 Å². The van der Waals surface area contributed by atoms with Gasteiger partial charge in [-0.05, 0) is 5.56 Å². The normalized spacial score (nSPS) is 10.2. The molecule has 82 valence electrons. The molecular formula is C11H12N4O. The molecule has 1 amide bonds. The van der Waals surface area contributed by atoms with Crippen LogP contribution in [-0.2, 0) is 11.2 Å². The summed E-state index contributed by atoms with van der Waals surface area (Å²) >= 11 is 0. The molecule has 0 atom stereocenters. The second-order valence-electron chi connectivity index (χ2n) is 3.47. The molecule has 0 saturated heterocycles. The summed E-state index contributed by atoms with van der Waals surface area (Å²) in [5, 5.41) is 6.70. The molecule has 0 bridgehead atoms. The number of H-pyrrole nitrogens is 1. The van der Waals surface area contributed by atoms with E-state index in [-0.39, 0.29) is 6.42 Å². The molecule has 0 fully saturated rings. The molecule has 0 aliphatic rings. The van der Waals surface area contributed by atoms with Gasteiger partial charge in [-0.25, -0.2) is 0 Å². The summed E-state index contributed by atoms with van der Waals surface area (Å²) in [5.74, 6) is -0.108. The first-order chi connectivity index (χ1) is 7.68. The number of amides is 1. The van der Waals surface area contributed by atoms with Crippen LogP contribution in [0.25, 0.3) is 11.3 Å². The van der Waals surface area contributed by atoms with E-state index in [1.54, 1.807) is 0 Å². The summed E-state index contributed by atoms with van der Waals surface area (Å²) in [6, 6.07) is 9.55. The van der Waals surface area contributed by atoms with E-state index < -0.39 is 5.91 Å². The van der Waals surface area contributed by atoms with Crippen molar-refractivity contribution >= 4 is 11.7 Å². The number of aromatic amines is 1. The maximum atomic E-state index is 10.9. The van der Waals surface area contributed by atoms with Crippen LogP contribution in [0.4, 0.5) is 5.82 Å². The van der Waals surface area contributed by atoms with E-state index in [9.17, 15) is 4.79 Å². The Morgan fingerprint density at radius 2 is 2.00 bits per heavy atom. The van der Waals surface area contributed by atoms with Gasteiger partial charge in [0.25, 0.3) is 0 Å². The maximum Gasteiger partial charge on any atom is 0.222 e. The highest BCUT2D eigenvalue weighted by Crippen LogP contribution is 2.25. The Morgan fingerprint density at radius 3 is 2.62 bits per heavy atom. The van der Waals surface area contributed by atoms with Crippen molar-refractivity contribution in [1.29, 1.82) is 0 Å². The van der Waals surface area contributed by atoms with Gasteiger partial charge < -0.3 is 11.5 Å². The summed E-state index contributed by atoms with van der Waals surface area (Å²) in [6.07, 6.45) is 0.0898. The lowest BCUT2D eigenvalue weighted by molar-refractivity contribution is -0.117. The lowest BCUT2D eigenvalue weighted by atomic mass is 10.1. The number of anilines is 1. The first-order valence-corrected chi connectivity index (χ1v) is 4.85. The van der Waals surface area contributed by atoms with Gasteiger partial charge in [0.1, 0.15) is 5.82 Å². The zero-order valence-electron chi connectivity index (χ0n) is 8.60. The number of carbonyl (C=O) groups is 1. The maximum absolute atomic E-state index is 10.9. The summed E-state index contributed by atoms with van der Waals surface area (Å²) in [6.45, 7) is 0. The fraction of sp³-hybridized carbons (Fsp3) is 0.0909. The van der Waals surface area contributed by atoms with Crippen LogP contribution in [0.3, 0.4) is 0 Å². The summed E-state index contributed by atoms with van der Waals surface area (Å²) in [4.78, 5) is 10.9. The molecule has 1 aromatic carbocycles. The molecule has 5 nitrogen and oxygen atoms in total. The Labute approximate surface area is 92.5 Å². The van der Waals surface area contributed by atoms with Crippen LogP contribution in [0.1, 0.15) is 5.56 Å². The van der Waals surface area contributed by atoms with Crippen LogP contribution in [-0.4, -0.2) is 16.1 Å². The molecular weight excluding hydrogens is 204 g/mol. The van der Waals surface area contributed by atoms with E-state index in [1.165, 1.54) is 0 Å². The zero-order valence-corrected chi connectivity index (χ0v) is 8.60. The molecule has 0 spiro atoms. The number of aromatic nitrogens is 2. The monoisotopic (exact) mass is 216 g/mol. The quantitative estimate of drug-likeness (QED) is 0.703. The van der Waals surface area contributed by atoms with Crippen molar-refractivity contribution in [2.45, 2.75) is 6.42 Å². The van der Waals surface area contributed by atoms with Gasteiger partial charge in [-0.1, -0.05) is 30.3 Å². The van der Waals surface area contributed by atoms with Gasteiger partial charge in [-0.3, -0.25) is 9.89 Å². The summed E-state index contributed by atoms with van der Waals surface area (Å²) in [7, 11) is 0. The van der Waals surface area contributed by atoms with Gasteiger partial charge in [0.2, 0.25) is 5.91 Å². The minimum absolute atomic E-state index is 0.0898. The topological polar surface area (TPSA) is 97.8 Å². The van der Waals surface area contributed by atoms with Crippen molar-refractivity contribution in [2.24, 2.45) is 5.73 Å². The lowest BCUT2D eigenvalue weighted by Crippen LogP contribution is -2.14. The molecule has 0 aliphatic heterocycles. The Morgan fingerprint density at radius 1 is 1.31 bits per heavy atom. The van der Waals surface area contributed by atoms with Crippen molar-refractivity contribution in [2.75, 3.05) is 5.73 Å². The van der Waals surface area contributed by atoms with E-state index in [0.717, 1.165) is 11.3 Å². The van der Waals surface area contributed by atoms with E-state index in [4.69, 9.17) is 11.5 Å². The van der Waals surface area contributed by atoms with Crippen LogP contribution in [0.15, 0.2) is 30.3 Å². The molecule has 5 N–H and O–H groups in total. The highest BCUT2D eigenvalue weighted by Gasteiger charge is 2.14. The average Bonchev–Trinajstić information content (AvgIpc) is 2.61. The molecule has 2 aromatic rings. The number of hydrogen-bond donors (Lipinski definition) is 3. The number of nitrogen functional groups attached to an aromatic ring is 1. The number of rotatable bonds is 3. The van der Waals surface area contributed by atoms with Gasteiger partial charge in [0.15, 0.2) is 0 Å². The van der Waals surface area contributed by atoms with Crippen LogP contribution < -0.4 is 11.5 Å². The third kappa shape index (κ3) is 1.88. The molecule has 16 heavy (non-hydrogen) atoms. The molecule has 0 aliphatic carbocycles. The lowest BCUT2D eigenvalue weighted by Gasteiger charge is -2.01. The number of benzene rings is 1. The van der Waals surface area contributed by atoms with E-state index in [1.807, 2.05) is 30.3 Å². The van der Waals surface area contributed by atoms with Crippen molar-refractivity contribution in [3.63, 3.8) is 0 Å². The standard InChI is InChI=1S/C11H12N4O/c12-9(16)6-8-10(14-15-11(8)13)7-4-2-1-3-5-7/h1-5H,6H2,(H2,12,16)(H3,13,14,15). The average molecular weight is 216 g/mol.